The number of carbonyl (C=O) groups is 1. The minimum Gasteiger partial charge on any atom is -0.372 e. The number of nitrogens with two attached hydrogens (primary N) is 1. The molecule has 1 aliphatic heterocycles. The molecule has 7 nitrogen and oxygen atoms in total. The third-order valence-electron chi connectivity index (χ3n) is 5.76. The van der Waals surface area contributed by atoms with Gasteiger partial charge in [0.05, 0.1) is 23.8 Å². The van der Waals surface area contributed by atoms with E-state index in [-0.39, 0.29) is 19.1 Å². The van der Waals surface area contributed by atoms with Crippen molar-refractivity contribution in [2.45, 2.75) is 61.7 Å². The Bertz CT molecular complexity index is 1040. The van der Waals surface area contributed by atoms with Crippen LogP contribution in [0.15, 0.2) is 18.2 Å². The summed E-state index contributed by atoms with van der Waals surface area (Å²) in [6, 6.07) is 0.965. The Hall–Kier alpha value is -2.11. The van der Waals surface area contributed by atoms with E-state index >= 15 is 0 Å². The van der Waals surface area contributed by atoms with Crippen LogP contribution in [0, 0.1) is 0 Å². The number of nitrogens with one attached hydrogen (secondary N) is 2. The molecule has 1 saturated heterocycles. The van der Waals surface area contributed by atoms with Crippen molar-refractivity contribution in [3.05, 3.63) is 34.9 Å². The van der Waals surface area contributed by atoms with Crippen LogP contribution in [0.1, 0.15) is 49.5 Å². The van der Waals surface area contributed by atoms with E-state index < -0.39 is 80.6 Å². The second-order valence-electron chi connectivity index (χ2n) is 8.70. The number of benzene rings is 1. The Morgan fingerprint density at radius 3 is 1.92 bits per heavy atom. The van der Waals surface area contributed by atoms with Crippen molar-refractivity contribution in [1.82, 2.24) is 10.0 Å². The van der Waals surface area contributed by atoms with Crippen molar-refractivity contribution in [3.63, 3.8) is 0 Å². The standard InChI is InChI=1S/C19H22F9N3O4S/c1-10(11-5-12(17(20,21)22)7-13(6-11)18(23,24)25)35-9-15(2)3-4-16(8-30-15,14(29)32)31-36(33,34)19(26,27)28/h5-7,10,30-31H,3-4,8-9H2,1-2H3,(H2,29,32)/t10-,15-,16+/m1/s1. The van der Waals surface area contributed by atoms with Crippen LogP contribution in [0.25, 0.3) is 0 Å². The molecule has 3 atom stereocenters. The van der Waals surface area contributed by atoms with E-state index in [9.17, 15) is 52.7 Å². The first-order valence-electron chi connectivity index (χ1n) is 10.1. The summed E-state index contributed by atoms with van der Waals surface area (Å²) < 4.78 is 147. The Morgan fingerprint density at radius 1 is 1.06 bits per heavy atom. The third-order valence-corrected chi connectivity index (χ3v) is 7.03. The van der Waals surface area contributed by atoms with Crippen LogP contribution in [0.4, 0.5) is 39.5 Å². The number of carbonyl (C=O) groups excluding carboxylic acids is 1. The van der Waals surface area contributed by atoms with E-state index in [1.807, 2.05) is 0 Å². The normalized spacial score (nSPS) is 25.0. The fourth-order valence-corrected chi connectivity index (χ4v) is 4.34. The predicted molar refractivity (Wildman–Crippen MR) is 106 cm³/mol. The van der Waals surface area contributed by atoms with E-state index in [2.05, 4.69) is 5.32 Å². The molecule has 0 bridgehead atoms. The van der Waals surface area contributed by atoms with Gasteiger partial charge in [0.25, 0.3) is 0 Å². The maximum absolute atomic E-state index is 13.1. The van der Waals surface area contributed by atoms with Crippen LogP contribution in [0.5, 0.6) is 0 Å². The SMILES string of the molecule is C[C@@H](OC[C@@]1(C)CC[C@@](NS(=O)(=O)C(F)(F)F)(C(N)=O)CN1)c1cc(C(F)(F)F)cc(C(F)(F)F)c1. The number of amides is 1. The highest BCUT2D eigenvalue weighted by Crippen LogP contribution is 2.38. The van der Waals surface area contributed by atoms with E-state index in [1.165, 1.54) is 18.6 Å². The molecule has 206 valence electrons. The molecule has 36 heavy (non-hydrogen) atoms. The Labute approximate surface area is 199 Å². The topological polar surface area (TPSA) is 111 Å². The first-order chi connectivity index (χ1) is 16.0. The van der Waals surface area contributed by atoms with E-state index in [1.54, 1.807) is 0 Å². The van der Waals surface area contributed by atoms with Crippen LogP contribution in [-0.4, -0.2) is 44.1 Å². The molecule has 1 aromatic rings. The van der Waals surface area contributed by atoms with E-state index in [0.717, 1.165) is 0 Å². The smallest absolute Gasteiger partial charge is 0.372 e. The van der Waals surface area contributed by atoms with Crippen LogP contribution in [0.3, 0.4) is 0 Å². The van der Waals surface area contributed by atoms with E-state index in [4.69, 9.17) is 10.5 Å². The highest BCUT2D eigenvalue weighted by Gasteiger charge is 2.54. The fraction of sp³-hybridized carbons (Fsp3) is 0.632. The zero-order valence-electron chi connectivity index (χ0n) is 18.7. The zero-order chi connectivity index (χ0) is 28.0. The number of sulfonamides is 1. The van der Waals surface area contributed by atoms with Crippen molar-refractivity contribution in [2.24, 2.45) is 5.73 Å². The molecule has 1 heterocycles. The molecule has 1 amide bonds. The van der Waals surface area contributed by atoms with Crippen molar-refractivity contribution < 1.29 is 57.5 Å². The van der Waals surface area contributed by atoms with E-state index in [0.29, 0.717) is 12.1 Å². The molecule has 0 spiro atoms. The highest BCUT2D eigenvalue weighted by atomic mass is 32.2. The zero-order valence-corrected chi connectivity index (χ0v) is 19.5. The van der Waals surface area contributed by atoms with Gasteiger partial charge in [0.1, 0.15) is 5.54 Å². The van der Waals surface area contributed by atoms with Crippen LogP contribution < -0.4 is 15.8 Å². The second kappa shape index (κ2) is 9.64. The molecular formula is C19H22F9N3O4S. The summed E-state index contributed by atoms with van der Waals surface area (Å²) in [6.45, 7) is 1.60. The molecule has 0 radical (unpaired) electrons. The number of alkyl halides is 9. The monoisotopic (exact) mass is 559 g/mol. The summed E-state index contributed by atoms with van der Waals surface area (Å²) in [6.07, 6.45) is -12.1. The first kappa shape index (κ1) is 30.1. The molecule has 0 saturated carbocycles. The summed E-state index contributed by atoms with van der Waals surface area (Å²) in [5.74, 6) is -1.39. The quantitative estimate of drug-likeness (QED) is 0.443. The number of primary amides is 1. The molecule has 2 rings (SSSR count). The van der Waals surface area contributed by atoms with Gasteiger partial charge < -0.3 is 15.8 Å². The van der Waals surface area contributed by atoms with Gasteiger partial charge in [-0.15, -0.1) is 0 Å². The maximum Gasteiger partial charge on any atom is 0.511 e. The molecule has 0 aromatic heterocycles. The number of halogens is 9. The highest BCUT2D eigenvalue weighted by molar-refractivity contribution is 7.90. The lowest BCUT2D eigenvalue weighted by atomic mass is 9.81. The largest absolute Gasteiger partial charge is 0.511 e. The number of hydrogen-bond acceptors (Lipinski definition) is 5. The number of piperidine rings is 1. The molecule has 17 heteroatoms. The number of ether oxygens (including phenoxy) is 1. The fourth-order valence-electron chi connectivity index (χ4n) is 3.44. The Morgan fingerprint density at radius 2 is 1.56 bits per heavy atom. The molecule has 1 aromatic carbocycles. The molecule has 1 aliphatic rings. The molecule has 0 unspecified atom stereocenters. The van der Waals surface area contributed by atoms with Gasteiger partial charge in [0, 0.05) is 12.1 Å². The summed E-state index contributed by atoms with van der Waals surface area (Å²) in [5.41, 5.74) is -7.54. The van der Waals surface area contributed by atoms with Gasteiger partial charge in [0.2, 0.25) is 5.91 Å². The van der Waals surface area contributed by atoms with Crippen molar-refractivity contribution in [1.29, 1.82) is 0 Å². The summed E-state index contributed by atoms with van der Waals surface area (Å²) in [4.78, 5) is 11.8. The molecule has 0 aliphatic carbocycles. The summed E-state index contributed by atoms with van der Waals surface area (Å²) >= 11 is 0. The van der Waals surface area contributed by atoms with Gasteiger partial charge in [-0.3, -0.25) is 4.79 Å². The van der Waals surface area contributed by atoms with Gasteiger partial charge in [-0.2, -0.15) is 44.2 Å². The van der Waals surface area contributed by atoms with Crippen molar-refractivity contribution in [2.75, 3.05) is 13.2 Å². The number of hydrogen-bond donors (Lipinski definition) is 3. The van der Waals surface area contributed by atoms with Gasteiger partial charge >= 0.3 is 27.9 Å². The molecular weight excluding hydrogens is 537 g/mol. The summed E-state index contributed by atoms with van der Waals surface area (Å²) in [5, 5.41) is 2.64. The average Bonchev–Trinajstić information content (AvgIpc) is 2.71. The van der Waals surface area contributed by atoms with Gasteiger partial charge in [-0.25, -0.2) is 8.42 Å². The van der Waals surface area contributed by atoms with Crippen LogP contribution >= 0.6 is 0 Å². The minimum atomic E-state index is -5.94. The van der Waals surface area contributed by atoms with Gasteiger partial charge in [-0.05, 0) is 50.5 Å². The third kappa shape index (κ3) is 6.80. The maximum atomic E-state index is 13.1. The summed E-state index contributed by atoms with van der Waals surface area (Å²) in [7, 11) is -5.94. The first-order valence-corrected chi connectivity index (χ1v) is 11.6. The lowest BCUT2D eigenvalue weighted by molar-refractivity contribution is -0.143. The minimum absolute atomic E-state index is 0.0361. The van der Waals surface area contributed by atoms with Crippen molar-refractivity contribution in [3.8, 4) is 0 Å². The second-order valence-corrected chi connectivity index (χ2v) is 10.4. The average molecular weight is 559 g/mol. The Kier molecular flexibility index (Phi) is 8.07. The van der Waals surface area contributed by atoms with Crippen molar-refractivity contribution >= 4 is 15.9 Å². The Balaban J connectivity index is 2.18. The van der Waals surface area contributed by atoms with Crippen LogP contribution in [-0.2, 0) is 31.9 Å². The number of rotatable bonds is 7. The lowest BCUT2D eigenvalue weighted by Gasteiger charge is -2.44. The van der Waals surface area contributed by atoms with Gasteiger partial charge in [0.15, 0.2) is 0 Å². The predicted octanol–water partition coefficient (Wildman–Crippen LogP) is 3.61. The molecule has 1 fully saturated rings. The van der Waals surface area contributed by atoms with Crippen LogP contribution in [0.2, 0.25) is 0 Å². The molecule has 4 N–H and O–H groups in total. The lowest BCUT2D eigenvalue weighted by Crippen LogP contribution is -2.70. The van der Waals surface area contributed by atoms with Gasteiger partial charge in [-0.1, -0.05) is 0 Å².